The average molecular weight is 352 g/mol. The van der Waals surface area contributed by atoms with E-state index in [1.165, 1.54) is 29.5 Å². The Morgan fingerprint density at radius 3 is 2.64 bits per heavy atom. The number of likely N-dealkylation sites (tertiary alicyclic amines) is 1. The summed E-state index contributed by atoms with van der Waals surface area (Å²) in [5.74, 6) is -0.0225. The van der Waals surface area contributed by atoms with Gasteiger partial charge in [-0.1, -0.05) is 42.5 Å². The van der Waals surface area contributed by atoms with Crippen molar-refractivity contribution in [3.63, 3.8) is 0 Å². The van der Waals surface area contributed by atoms with Gasteiger partial charge in [0, 0.05) is 19.0 Å². The van der Waals surface area contributed by atoms with Crippen LogP contribution in [-0.4, -0.2) is 29.1 Å². The monoisotopic (exact) mass is 352 g/mol. The summed E-state index contributed by atoms with van der Waals surface area (Å²) in [7, 11) is 0. The van der Waals surface area contributed by atoms with Gasteiger partial charge < -0.3 is 4.90 Å². The molecule has 2 aromatic rings. The summed E-state index contributed by atoms with van der Waals surface area (Å²) in [6.07, 6.45) is 2.84. The van der Waals surface area contributed by atoms with Crippen molar-refractivity contribution in [2.45, 2.75) is 12.3 Å². The maximum absolute atomic E-state index is 13.0. The maximum Gasteiger partial charge on any atom is 0.286 e. The molecule has 1 fully saturated rings. The number of carbonyl (C=O) groups excluding carboxylic acids is 1. The Morgan fingerprint density at radius 1 is 1.12 bits per heavy atom. The number of aliphatic imine (C=N–C) groups is 1. The second kappa shape index (κ2) is 6.84. The molecule has 0 radical (unpaired) electrons. The number of thioether (sulfide) groups is 1. The Bertz CT molecular complexity index is 846. The largest absolute Gasteiger partial charge is 0.350 e. The van der Waals surface area contributed by atoms with Crippen molar-refractivity contribution in [3.8, 4) is 0 Å². The number of amides is 1. The molecule has 2 aliphatic heterocycles. The second-order valence-corrected chi connectivity index (χ2v) is 7.21. The van der Waals surface area contributed by atoms with E-state index in [4.69, 9.17) is 0 Å². The smallest absolute Gasteiger partial charge is 0.286 e. The molecule has 0 aliphatic carbocycles. The molecule has 0 unspecified atom stereocenters. The molecule has 126 valence electrons. The fourth-order valence-corrected chi connectivity index (χ4v) is 4.12. The molecular weight excluding hydrogens is 335 g/mol. The van der Waals surface area contributed by atoms with Crippen LogP contribution in [0, 0.1) is 5.82 Å². The van der Waals surface area contributed by atoms with Gasteiger partial charge in [-0.15, -0.1) is 0 Å². The predicted molar refractivity (Wildman–Crippen MR) is 99.8 cm³/mol. The lowest BCUT2D eigenvalue weighted by Crippen LogP contribution is -2.24. The summed E-state index contributed by atoms with van der Waals surface area (Å²) >= 11 is 1.41. The second-order valence-electron chi connectivity index (χ2n) is 6.20. The zero-order valence-corrected chi connectivity index (χ0v) is 14.4. The number of halogens is 1. The van der Waals surface area contributed by atoms with Gasteiger partial charge >= 0.3 is 0 Å². The van der Waals surface area contributed by atoms with Crippen LogP contribution in [0.15, 0.2) is 64.5 Å². The molecule has 2 aromatic carbocycles. The van der Waals surface area contributed by atoms with E-state index in [0.717, 1.165) is 30.2 Å². The van der Waals surface area contributed by atoms with Crippen LogP contribution in [0.5, 0.6) is 0 Å². The number of carbonyl (C=O) groups is 1. The van der Waals surface area contributed by atoms with Gasteiger partial charge in [0.2, 0.25) is 0 Å². The summed E-state index contributed by atoms with van der Waals surface area (Å²) in [6.45, 7) is 1.79. The molecule has 4 rings (SSSR count). The summed E-state index contributed by atoms with van der Waals surface area (Å²) in [5, 5.41) is 0.775. The van der Waals surface area contributed by atoms with Gasteiger partial charge in [0.05, 0.1) is 4.91 Å². The molecule has 5 heteroatoms. The zero-order valence-electron chi connectivity index (χ0n) is 13.6. The molecule has 1 amide bonds. The van der Waals surface area contributed by atoms with Crippen LogP contribution in [0.25, 0.3) is 6.08 Å². The summed E-state index contributed by atoms with van der Waals surface area (Å²) in [6, 6.07) is 16.6. The number of hydrogen-bond acceptors (Lipinski definition) is 3. The first kappa shape index (κ1) is 16.1. The third kappa shape index (κ3) is 3.51. The number of benzene rings is 2. The summed E-state index contributed by atoms with van der Waals surface area (Å²) in [4.78, 5) is 19.2. The van der Waals surface area contributed by atoms with Crippen molar-refractivity contribution in [1.82, 2.24) is 4.90 Å². The third-order valence-electron chi connectivity index (χ3n) is 4.51. The number of rotatable bonds is 2. The Kier molecular flexibility index (Phi) is 4.40. The Hall–Kier alpha value is -2.40. The van der Waals surface area contributed by atoms with Crippen LogP contribution in [0.2, 0.25) is 0 Å². The first-order chi connectivity index (χ1) is 12.2. The minimum Gasteiger partial charge on any atom is -0.350 e. The number of amidine groups is 1. The molecule has 2 heterocycles. The van der Waals surface area contributed by atoms with E-state index in [1.54, 1.807) is 18.2 Å². The van der Waals surface area contributed by atoms with Crippen molar-refractivity contribution in [3.05, 3.63) is 76.4 Å². The molecule has 0 spiro atoms. The van der Waals surface area contributed by atoms with E-state index < -0.39 is 0 Å². The van der Waals surface area contributed by atoms with Crippen molar-refractivity contribution < 1.29 is 9.18 Å². The van der Waals surface area contributed by atoms with E-state index in [-0.39, 0.29) is 11.7 Å². The van der Waals surface area contributed by atoms with Gasteiger partial charge in [-0.05, 0) is 47.5 Å². The summed E-state index contributed by atoms with van der Waals surface area (Å²) < 4.78 is 13.0. The Balaban J connectivity index is 1.45. The van der Waals surface area contributed by atoms with Crippen LogP contribution in [-0.2, 0) is 4.79 Å². The summed E-state index contributed by atoms with van der Waals surface area (Å²) in [5.41, 5.74) is 2.14. The minimum atomic E-state index is -0.284. The molecule has 2 aliphatic rings. The van der Waals surface area contributed by atoms with Crippen molar-refractivity contribution in [1.29, 1.82) is 0 Å². The fourth-order valence-electron chi connectivity index (χ4n) is 3.17. The highest BCUT2D eigenvalue weighted by atomic mass is 32.2. The first-order valence-corrected chi connectivity index (χ1v) is 9.09. The van der Waals surface area contributed by atoms with Gasteiger partial charge in [0.1, 0.15) is 5.82 Å². The van der Waals surface area contributed by atoms with E-state index in [2.05, 4.69) is 34.2 Å². The predicted octanol–water partition coefficient (Wildman–Crippen LogP) is 4.29. The normalized spacial score (nSPS) is 21.9. The van der Waals surface area contributed by atoms with E-state index in [1.807, 2.05) is 6.07 Å². The van der Waals surface area contributed by atoms with E-state index >= 15 is 0 Å². The van der Waals surface area contributed by atoms with Gasteiger partial charge in [0.25, 0.3) is 5.91 Å². The van der Waals surface area contributed by atoms with Crippen molar-refractivity contribution >= 4 is 28.9 Å². The topological polar surface area (TPSA) is 32.7 Å². The Morgan fingerprint density at radius 2 is 1.88 bits per heavy atom. The highest BCUT2D eigenvalue weighted by Crippen LogP contribution is 2.35. The van der Waals surface area contributed by atoms with Crippen molar-refractivity contribution in [2.24, 2.45) is 4.99 Å². The molecule has 0 saturated carbocycles. The van der Waals surface area contributed by atoms with Crippen LogP contribution in [0.3, 0.4) is 0 Å². The molecule has 25 heavy (non-hydrogen) atoms. The standard InChI is InChI=1S/C20H17FN2OS/c21-17-8-6-14(7-9-17)12-18-19(24)22-20(25-18)23-11-10-16(13-23)15-4-2-1-3-5-15/h1-9,12,16H,10-11,13H2/b18-12-/t16-/m1/s1. The molecule has 0 N–H and O–H groups in total. The van der Waals surface area contributed by atoms with Crippen LogP contribution in [0.1, 0.15) is 23.5 Å². The molecule has 0 aromatic heterocycles. The van der Waals surface area contributed by atoms with E-state index in [9.17, 15) is 9.18 Å². The lowest BCUT2D eigenvalue weighted by molar-refractivity contribution is -0.113. The maximum atomic E-state index is 13.0. The van der Waals surface area contributed by atoms with Gasteiger partial charge in [-0.2, -0.15) is 4.99 Å². The molecular formula is C20H17FN2OS. The molecule has 1 saturated heterocycles. The van der Waals surface area contributed by atoms with Crippen LogP contribution < -0.4 is 0 Å². The van der Waals surface area contributed by atoms with Crippen LogP contribution in [0.4, 0.5) is 4.39 Å². The lowest BCUT2D eigenvalue weighted by Gasteiger charge is -2.17. The highest BCUT2D eigenvalue weighted by molar-refractivity contribution is 8.18. The number of nitrogens with zero attached hydrogens (tertiary/aromatic N) is 2. The third-order valence-corrected chi connectivity index (χ3v) is 5.55. The van der Waals surface area contributed by atoms with Crippen LogP contribution >= 0.6 is 11.8 Å². The highest BCUT2D eigenvalue weighted by Gasteiger charge is 2.31. The molecule has 1 atom stereocenters. The van der Waals surface area contributed by atoms with Gasteiger partial charge in [-0.3, -0.25) is 4.79 Å². The quantitative estimate of drug-likeness (QED) is 0.756. The SMILES string of the molecule is O=C1N=C(N2CC[C@@H](c3ccccc3)C2)S/C1=C\c1ccc(F)cc1. The first-order valence-electron chi connectivity index (χ1n) is 8.27. The minimum absolute atomic E-state index is 0.215. The lowest BCUT2D eigenvalue weighted by atomic mass is 9.99. The van der Waals surface area contributed by atoms with E-state index in [0.29, 0.717) is 10.8 Å². The van der Waals surface area contributed by atoms with Gasteiger partial charge in [-0.25, -0.2) is 4.39 Å². The number of hydrogen-bond donors (Lipinski definition) is 0. The molecule has 3 nitrogen and oxygen atoms in total. The average Bonchev–Trinajstić information content (AvgIpc) is 3.25. The Labute approximate surface area is 150 Å². The van der Waals surface area contributed by atoms with Crippen molar-refractivity contribution in [2.75, 3.05) is 13.1 Å². The zero-order chi connectivity index (χ0) is 17.2. The fraction of sp³-hybridized carbons (Fsp3) is 0.200. The van der Waals surface area contributed by atoms with Gasteiger partial charge in [0.15, 0.2) is 5.17 Å². The molecule has 0 bridgehead atoms.